The van der Waals surface area contributed by atoms with Crippen molar-refractivity contribution < 1.29 is 9.59 Å². The van der Waals surface area contributed by atoms with Gasteiger partial charge in [-0.25, -0.2) is 0 Å². The highest BCUT2D eigenvalue weighted by atomic mass is 32.2. The predicted molar refractivity (Wildman–Crippen MR) is 107 cm³/mol. The molecule has 0 saturated carbocycles. The van der Waals surface area contributed by atoms with Crippen LogP contribution < -0.4 is 5.32 Å². The summed E-state index contributed by atoms with van der Waals surface area (Å²) in [5, 5.41) is 11.5. The monoisotopic (exact) mass is 380 g/mol. The Balaban J connectivity index is 1.72. The highest BCUT2D eigenvalue weighted by Gasteiger charge is 2.20. The van der Waals surface area contributed by atoms with Gasteiger partial charge in [-0.2, -0.15) is 0 Å². The molecule has 0 aliphatic heterocycles. The highest BCUT2D eigenvalue weighted by molar-refractivity contribution is 8.00. The summed E-state index contributed by atoms with van der Waals surface area (Å²) in [6.45, 7) is 3.30. The molecular formula is C20H20N4O2S. The molecular weight excluding hydrogens is 360 g/mol. The number of hydrogen-bond donors (Lipinski definition) is 1. The lowest BCUT2D eigenvalue weighted by molar-refractivity contribution is -0.114. The number of amides is 1. The third kappa shape index (κ3) is 4.43. The largest absolute Gasteiger partial charge is 0.326 e. The van der Waals surface area contributed by atoms with E-state index in [2.05, 4.69) is 15.5 Å². The molecule has 1 atom stereocenters. The molecule has 0 bridgehead atoms. The van der Waals surface area contributed by atoms with Crippen LogP contribution in [0.4, 0.5) is 5.69 Å². The number of Topliss-reactive ketones (excluding diaryl/α,β-unsaturated/α-hetero) is 1. The van der Waals surface area contributed by atoms with Crippen LogP contribution >= 0.6 is 11.8 Å². The summed E-state index contributed by atoms with van der Waals surface area (Å²) in [7, 11) is 1.89. The van der Waals surface area contributed by atoms with Crippen molar-refractivity contribution in [2.45, 2.75) is 24.3 Å². The van der Waals surface area contributed by atoms with Gasteiger partial charge >= 0.3 is 0 Å². The average Bonchev–Trinajstić information content (AvgIpc) is 3.02. The average molecular weight is 380 g/mol. The van der Waals surface area contributed by atoms with Crippen molar-refractivity contribution in [3.05, 3.63) is 60.2 Å². The number of thioether (sulfide) groups is 1. The predicted octanol–water partition coefficient (Wildman–Crippen LogP) is 3.80. The van der Waals surface area contributed by atoms with E-state index in [9.17, 15) is 9.59 Å². The second-order valence-corrected chi connectivity index (χ2v) is 7.42. The van der Waals surface area contributed by atoms with Gasteiger partial charge in [-0.3, -0.25) is 9.59 Å². The number of hydrogen-bond acceptors (Lipinski definition) is 5. The van der Waals surface area contributed by atoms with Gasteiger partial charge in [-0.1, -0.05) is 42.1 Å². The molecule has 1 N–H and O–H groups in total. The van der Waals surface area contributed by atoms with Crippen LogP contribution in [0.1, 0.15) is 24.2 Å². The van der Waals surface area contributed by atoms with E-state index < -0.39 is 0 Å². The number of aromatic nitrogens is 3. The fourth-order valence-electron chi connectivity index (χ4n) is 2.62. The van der Waals surface area contributed by atoms with E-state index in [0.717, 1.165) is 11.4 Å². The molecule has 6 nitrogen and oxygen atoms in total. The number of carbonyl (C=O) groups is 2. The van der Waals surface area contributed by atoms with Gasteiger partial charge in [-0.15, -0.1) is 10.2 Å². The zero-order chi connectivity index (χ0) is 19.4. The minimum atomic E-state index is -0.317. The van der Waals surface area contributed by atoms with Crippen LogP contribution in [0.2, 0.25) is 0 Å². The first-order chi connectivity index (χ1) is 13.0. The molecule has 0 spiro atoms. The molecule has 3 rings (SSSR count). The molecule has 0 saturated heterocycles. The van der Waals surface area contributed by atoms with Gasteiger partial charge in [0.2, 0.25) is 5.91 Å². The Hall–Kier alpha value is -2.93. The van der Waals surface area contributed by atoms with E-state index in [1.54, 1.807) is 24.3 Å². The molecule has 0 radical (unpaired) electrons. The molecule has 1 aromatic heterocycles. The van der Waals surface area contributed by atoms with Crippen molar-refractivity contribution in [3.8, 4) is 11.4 Å². The first-order valence-corrected chi connectivity index (χ1v) is 9.37. The van der Waals surface area contributed by atoms with Crippen LogP contribution in [0.3, 0.4) is 0 Å². The summed E-state index contributed by atoms with van der Waals surface area (Å²) in [6.07, 6.45) is 0. The van der Waals surface area contributed by atoms with Crippen molar-refractivity contribution >= 4 is 29.1 Å². The molecule has 3 aromatic rings. The van der Waals surface area contributed by atoms with Crippen LogP contribution in [-0.2, 0) is 11.8 Å². The van der Waals surface area contributed by atoms with Crippen molar-refractivity contribution in [3.63, 3.8) is 0 Å². The van der Waals surface area contributed by atoms with Crippen LogP contribution in [0.25, 0.3) is 11.4 Å². The summed E-state index contributed by atoms with van der Waals surface area (Å²) < 4.78 is 1.89. The second-order valence-electron chi connectivity index (χ2n) is 6.11. The van der Waals surface area contributed by atoms with Crippen molar-refractivity contribution in [1.29, 1.82) is 0 Å². The maximum absolute atomic E-state index is 12.7. The van der Waals surface area contributed by atoms with E-state index in [0.29, 0.717) is 16.4 Å². The van der Waals surface area contributed by atoms with E-state index in [4.69, 9.17) is 0 Å². The zero-order valence-electron chi connectivity index (χ0n) is 15.3. The maximum atomic E-state index is 12.7. The number of rotatable bonds is 6. The van der Waals surface area contributed by atoms with E-state index >= 15 is 0 Å². The van der Waals surface area contributed by atoms with Crippen LogP contribution in [0, 0.1) is 0 Å². The minimum Gasteiger partial charge on any atom is -0.326 e. The number of ketones is 1. The molecule has 0 fully saturated rings. The Labute approximate surface area is 162 Å². The molecule has 2 aromatic carbocycles. The van der Waals surface area contributed by atoms with Crippen molar-refractivity contribution in [2.75, 3.05) is 5.32 Å². The molecule has 1 heterocycles. The summed E-state index contributed by atoms with van der Waals surface area (Å²) in [4.78, 5) is 23.8. The normalized spacial score (nSPS) is 11.8. The Morgan fingerprint density at radius 1 is 1.04 bits per heavy atom. The number of carbonyl (C=O) groups excluding carboxylic acids is 2. The van der Waals surface area contributed by atoms with Gasteiger partial charge in [0.15, 0.2) is 16.8 Å². The molecule has 7 heteroatoms. The zero-order valence-corrected chi connectivity index (χ0v) is 16.2. The van der Waals surface area contributed by atoms with Crippen LogP contribution in [-0.4, -0.2) is 31.7 Å². The first kappa shape index (κ1) is 18.8. The third-order valence-electron chi connectivity index (χ3n) is 4.01. The first-order valence-electron chi connectivity index (χ1n) is 8.49. The molecule has 1 unspecified atom stereocenters. The van der Waals surface area contributed by atoms with Crippen molar-refractivity contribution in [2.24, 2.45) is 7.05 Å². The lowest BCUT2D eigenvalue weighted by Gasteiger charge is -2.11. The topological polar surface area (TPSA) is 76.9 Å². The van der Waals surface area contributed by atoms with Crippen molar-refractivity contribution in [1.82, 2.24) is 14.8 Å². The minimum absolute atomic E-state index is 0.00126. The third-order valence-corrected chi connectivity index (χ3v) is 5.14. The summed E-state index contributed by atoms with van der Waals surface area (Å²) >= 11 is 1.37. The molecule has 27 heavy (non-hydrogen) atoms. The number of nitrogens with one attached hydrogen (secondary N) is 1. The Kier molecular flexibility index (Phi) is 5.71. The smallest absolute Gasteiger partial charge is 0.221 e. The van der Waals surface area contributed by atoms with Gasteiger partial charge in [0.05, 0.1) is 5.25 Å². The van der Waals surface area contributed by atoms with Crippen LogP contribution in [0.5, 0.6) is 0 Å². The number of nitrogens with zero attached hydrogens (tertiary/aromatic N) is 3. The van der Waals surface area contributed by atoms with E-state index in [-0.39, 0.29) is 16.9 Å². The summed E-state index contributed by atoms with van der Waals surface area (Å²) in [5.74, 6) is 0.616. The van der Waals surface area contributed by atoms with Gasteiger partial charge in [0.25, 0.3) is 0 Å². The number of anilines is 1. The highest BCUT2D eigenvalue weighted by Crippen LogP contribution is 2.27. The Morgan fingerprint density at radius 3 is 2.33 bits per heavy atom. The lowest BCUT2D eigenvalue weighted by atomic mass is 10.1. The summed E-state index contributed by atoms with van der Waals surface area (Å²) in [6, 6.07) is 16.7. The maximum Gasteiger partial charge on any atom is 0.221 e. The SMILES string of the molecule is CC(=O)Nc1ccc(C(=O)C(C)Sc2nnc(-c3ccccc3)n2C)cc1. The fourth-order valence-corrected chi connectivity index (χ4v) is 3.52. The molecule has 138 valence electrons. The van der Waals surface area contributed by atoms with Gasteiger partial charge in [0, 0.05) is 30.8 Å². The Morgan fingerprint density at radius 2 is 1.70 bits per heavy atom. The molecule has 0 aliphatic carbocycles. The fraction of sp³-hybridized carbons (Fsp3) is 0.200. The molecule has 0 aliphatic rings. The van der Waals surface area contributed by atoms with Gasteiger partial charge in [-0.05, 0) is 31.2 Å². The van der Waals surface area contributed by atoms with Gasteiger partial charge < -0.3 is 9.88 Å². The van der Waals surface area contributed by atoms with Gasteiger partial charge in [0.1, 0.15) is 0 Å². The summed E-state index contributed by atoms with van der Waals surface area (Å²) in [5.41, 5.74) is 2.24. The standard InChI is InChI=1S/C20H20N4O2S/c1-13(18(26)15-9-11-17(12-10-15)21-14(2)25)27-20-23-22-19(24(20)3)16-7-5-4-6-8-16/h4-13H,1-3H3,(H,21,25). The Bertz CT molecular complexity index is 952. The van der Waals surface area contributed by atoms with Crippen LogP contribution in [0.15, 0.2) is 59.8 Å². The quantitative estimate of drug-likeness (QED) is 0.520. The lowest BCUT2D eigenvalue weighted by Crippen LogP contribution is -2.14. The van der Waals surface area contributed by atoms with E-state index in [1.165, 1.54) is 18.7 Å². The molecule has 1 amide bonds. The number of benzene rings is 2. The second kappa shape index (κ2) is 8.18. The van der Waals surface area contributed by atoms with E-state index in [1.807, 2.05) is 48.9 Å².